The summed E-state index contributed by atoms with van der Waals surface area (Å²) in [6.07, 6.45) is 7.26. The molecule has 0 radical (unpaired) electrons. The largest absolute Gasteiger partial charge is 0.447 e. The highest BCUT2D eigenvalue weighted by Crippen LogP contribution is 1.98. The first-order chi connectivity index (χ1) is 5.34. The van der Waals surface area contributed by atoms with Crippen LogP contribution >= 0.6 is 0 Å². The third-order valence-electron chi connectivity index (χ3n) is 0.920. The van der Waals surface area contributed by atoms with Crippen LogP contribution in [-0.2, 0) is 4.74 Å². The highest BCUT2D eigenvalue weighted by molar-refractivity contribution is 5.85. The fourth-order valence-corrected chi connectivity index (χ4v) is 0.495. The Bertz CT molecular complexity index is 270. The summed E-state index contributed by atoms with van der Waals surface area (Å²) in [5.74, 6) is 1.61. The molecule has 1 aromatic rings. The van der Waals surface area contributed by atoms with Gasteiger partial charge in [-0.05, 0) is 0 Å². The van der Waals surface area contributed by atoms with Gasteiger partial charge in [0.05, 0.1) is 6.20 Å². The fourth-order valence-electron chi connectivity index (χ4n) is 0.495. The molecule has 0 unspecified atom stereocenters. The Balaban J connectivity index is 2.51. The Kier molecular flexibility index (Phi) is 2.28. The minimum atomic E-state index is -0.597. The normalized spacial score (nSPS) is 8.64. The van der Waals surface area contributed by atoms with Crippen molar-refractivity contribution in [2.45, 2.75) is 0 Å². The van der Waals surface area contributed by atoms with Crippen molar-refractivity contribution in [3.8, 4) is 12.3 Å². The van der Waals surface area contributed by atoms with Gasteiger partial charge in [-0.2, -0.15) is 0 Å². The van der Waals surface area contributed by atoms with Crippen molar-refractivity contribution in [2.75, 3.05) is 6.61 Å². The first-order valence-electron chi connectivity index (χ1n) is 2.83. The second-order valence-electron chi connectivity index (χ2n) is 1.65. The number of carbonyl (C=O) groups excluding carboxylic acids is 1. The van der Waals surface area contributed by atoms with Gasteiger partial charge in [0.2, 0.25) is 5.76 Å². The zero-order valence-corrected chi connectivity index (χ0v) is 5.61. The highest BCUT2D eigenvalue weighted by atomic mass is 16.5. The molecule has 0 amide bonds. The van der Waals surface area contributed by atoms with E-state index < -0.39 is 5.97 Å². The summed E-state index contributed by atoms with van der Waals surface area (Å²) in [4.78, 5) is 14.3. The van der Waals surface area contributed by atoms with Crippen LogP contribution in [0.2, 0.25) is 0 Å². The zero-order valence-electron chi connectivity index (χ0n) is 5.61. The number of hydrogen-bond donors (Lipinski definition) is 0. The van der Waals surface area contributed by atoms with Crippen molar-refractivity contribution in [3.63, 3.8) is 0 Å². The lowest BCUT2D eigenvalue weighted by Crippen LogP contribution is -2.03. The van der Waals surface area contributed by atoms with Gasteiger partial charge in [0.1, 0.15) is 0 Å². The summed E-state index contributed by atoms with van der Waals surface area (Å²) in [6, 6.07) is 0. The molecule has 0 fully saturated rings. The Morgan fingerprint density at radius 2 is 2.73 bits per heavy atom. The molecule has 4 heteroatoms. The third-order valence-corrected chi connectivity index (χ3v) is 0.920. The van der Waals surface area contributed by atoms with Crippen LogP contribution in [0, 0.1) is 12.3 Å². The minimum Gasteiger partial charge on any atom is -0.447 e. The van der Waals surface area contributed by atoms with Crippen LogP contribution in [0.3, 0.4) is 0 Å². The van der Waals surface area contributed by atoms with E-state index in [1.165, 1.54) is 6.20 Å². The lowest BCUT2D eigenvalue weighted by molar-refractivity contribution is 0.0520. The van der Waals surface area contributed by atoms with E-state index in [-0.39, 0.29) is 12.4 Å². The maximum absolute atomic E-state index is 10.8. The number of ether oxygens (including phenoxy) is 1. The van der Waals surface area contributed by atoms with E-state index in [1.807, 2.05) is 0 Å². The van der Waals surface area contributed by atoms with Gasteiger partial charge in [0.25, 0.3) is 0 Å². The van der Waals surface area contributed by atoms with Gasteiger partial charge in [0.15, 0.2) is 13.0 Å². The van der Waals surface area contributed by atoms with E-state index >= 15 is 0 Å². The molecule has 0 saturated carbocycles. The van der Waals surface area contributed by atoms with E-state index in [0.717, 1.165) is 6.39 Å². The third kappa shape index (κ3) is 1.83. The van der Waals surface area contributed by atoms with Gasteiger partial charge in [-0.1, -0.05) is 5.92 Å². The SMILES string of the molecule is C#CCOC(=O)c1cnco1. The van der Waals surface area contributed by atoms with Crippen molar-refractivity contribution in [3.05, 3.63) is 18.4 Å². The Hall–Kier alpha value is -1.76. The summed E-state index contributed by atoms with van der Waals surface area (Å²) in [6.45, 7) is -0.0560. The molecular weight excluding hydrogens is 146 g/mol. The van der Waals surface area contributed by atoms with Crippen LogP contribution in [0.25, 0.3) is 0 Å². The van der Waals surface area contributed by atoms with Crippen molar-refractivity contribution < 1.29 is 13.9 Å². The average Bonchev–Trinajstić information content (AvgIpc) is 2.52. The van der Waals surface area contributed by atoms with Gasteiger partial charge in [-0.15, -0.1) is 6.42 Å². The molecule has 0 N–H and O–H groups in total. The monoisotopic (exact) mass is 151 g/mol. The smallest absolute Gasteiger partial charge is 0.376 e. The van der Waals surface area contributed by atoms with Gasteiger partial charge in [-0.25, -0.2) is 9.78 Å². The number of aromatic nitrogens is 1. The van der Waals surface area contributed by atoms with Crippen molar-refractivity contribution in [1.29, 1.82) is 0 Å². The summed E-state index contributed by atoms with van der Waals surface area (Å²) >= 11 is 0. The Labute approximate surface area is 63.2 Å². The average molecular weight is 151 g/mol. The number of esters is 1. The zero-order chi connectivity index (χ0) is 8.10. The summed E-state index contributed by atoms with van der Waals surface area (Å²) in [7, 11) is 0. The Morgan fingerprint density at radius 1 is 1.91 bits per heavy atom. The first kappa shape index (κ1) is 7.35. The predicted octanol–water partition coefficient (Wildman–Crippen LogP) is 0.465. The molecule has 0 bridgehead atoms. The van der Waals surface area contributed by atoms with E-state index in [2.05, 4.69) is 20.1 Å². The number of terminal acetylenes is 1. The van der Waals surface area contributed by atoms with Crippen LogP contribution in [0.1, 0.15) is 10.6 Å². The van der Waals surface area contributed by atoms with Crippen LogP contribution in [-0.4, -0.2) is 17.6 Å². The summed E-state index contributed by atoms with van der Waals surface area (Å²) in [5, 5.41) is 0. The highest BCUT2D eigenvalue weighted by Gasteiger charge is 2.08. The summed E-state index contributed by atoms with van der Waals surface area (Å²) < 4.78 is 9.16. The number of carbonyl (C=O) groups is 1. The molecule has 0 atom stereocenters. The van der Waals surface area contributed by atoms with Gasteiger partial charge < -0.3 is 9.15 Å². The number of oxazole rings is 1. The predicted molar refractivity (Wildman–Crippen MR) is 35.6 cm³/mol. The first-order valence-corrected chi connectivity index (χ1v) is 2.83. The van der Waals surface area contributed by atoms with Crippen LogP contribution in [0.5, 0.6) is 0 Å². The quantitative estimate of drug-likeness (QED) is 0.455. The molecule has 4 nitrogen and oxygen atoms in total. The van der Waals surface area contributed by atoms with Crippen LogP contribution < -0.4 is 0 Å². The van der Waals surface area contributed by atoms with E-state index in [0.29, 0.717) is 0 Å². The molecule has 1 heterocycles. The molecule has 0 saturated heterocycles. The van der Waals surface area contributed by atoms with Gasteiger partial charge >= 0.3 is 5.97 Å². The maximum Gasteiger partial charge on any atom is 0.376 e. The van der Waals surface area contributed by atoms with Gasteiger partial charge in [0, 0.05) is 0 Å². The van der Waals surface area contributed by atoms with Crippen LogP contribution in [0.15, 0.2) is 17.0 Å². The van der Waals surface area contributed by atoms with E-state index in [1.54, 1.807) is 0 Å². The van der Waals surface area contributed by atoms with E-state index in [4.69, 9.17) is 6.42 Å². The number of nitrogens with zero attached hydrogens (tertiary/aromatic N) is 1. The number of hydrogen-bond acceptors (Lipinski definition) is 4. The van der Waals surface area contributed by atoms with Gasteiger partial charge in [-0.3, -0.25) is 0 Å². The van der Waals surface area contributed by atoms with Crippen molar-refractivity contribution in [1.82, 2.24) is 4.98 Å². The van der Waals surface area contributed by atoms with Crippen molar-refractivity contribution in [2.24, 2.45) is 0 Å². The Morgan fingerprint density at radius 3 is 3.27 bits per heavy atom. The van der Waals surface area contributed by atoms with Crippen LogP contribution in [0.4, 0.5) is 0 Å². The standard InChI is InChI=1S/C7H5NO3/c1-2-3-10-7(9)6-4-8-5-11-6/h1,4-5H,3H2. The van der Waals surface area contributed by atoms with Crippen molar-refractivity contribution >= 4 is 5.97 Å². The maximum atomic E-state index is 10.8. The molecule has 0 aromatic carbocycles. The van der Waals surface area contributed by atoms with E-state index in [9.17, 15) is 4.79 Å². The fraction of sp³-hybridized carbons (Fsp3) is 0.143. The molecule has 0 aliphatic heterocycles. The molecule has 1 aromatic heterocycles. The lowest BCUT2D eigenvalue weighted by atomic mass is 10.5. The molecule has 0 aliphatic rings. The molecule has 0 spiro atoms. The lowest BCUT2D eigenvalue weighted by Gasteiger charge is -1.93. The molecular formula is C7H5NO3. The second kappa shape index (κ2) is 3.42. The second-order valence-corrected chi connectivity index (χ2v) is 1.65. The molecule has 56 valence electrons. The molecule has 1 rings (SSSR count). The molecule has 11 heavy (non-hydrogen) atoms. The minimum absolute atomic E-state index is 0.0558. The number of rotatable bonds is 2. The topological polar surface area (TPSA) is 52.3 Å². The summed E-state index contributed by atoms with van der Waals surface area (Å²) in [5.41, 5.74) is 0. The molecule has 0 aliphatic carbocycles.